The van der Waals surface area contributed by atoms with Crippen LogP contribution in [0.4, 0.5) is 0 Å². The molecule has 2 saturated carbocycles. The van der Waals surface area contributed by atoms with Crippen molar-refractivity contribution in [3.63, 3.8) is 0 Å². The van der Waals surface area contributed by atoms with Crippen LogP contribution in [0.5, 0.6) is 0 Å². The smallest absolute Gasteiger partial charge is 0.329 e. The Hall–Kier alpha value is -1.32. The van der Waals surface area contributed by atoms with Crippen molar-refractivity contribution in [3.8, 4) is 0 Å². The Kier molecular flexibility index (Phi) is 3.11. The molecule has 2 fully saturated rings. The van der Waals surface area contributed by atoms with Crippen molar-refractivity contribution in [2.24, 2.45) is 17.8 Å². The van der Waals surface area contributed by atoms with Crippen LogP contribution in [0.15, 0.2) is 12.2 Å². The van der Waals surface area contributed by atoms with Crippen LogP contribution in [0.1, 0.15) is 44.9 Å². The zero-order valence-electron chi connectivity index (χ0n) is 11.1. The third-order valence-corrected chi connectivity index (χ3v) is 5.09. The highest BCUT2D eigenvalue weighted by atomic mass is 16.4. The van der Waals surface area contributed by atoms with Crippen molar-refractivity contribution in [3.05, 3.63) is 12.2 Å². The standard InChI is InChI=1S/C15H21NO3/c17-13(12-9-10-4-5-11(12)8-10)16-15(14(18)19)6-2-1-3-7-15/h4-5,10-12H,1-3,6-9H2,(H,16,17)(H,18,19). The number of fused-ring (bicyclic) bond motifs is 2. The van der Waals surface area contributed by atoms with E-state index in [1.54, 1.807) is 0 Å². The first-order valence-electron chi connectivity index (χ1n) is 7.34. The van der Waals surface area contributed by atoms with Gasteiger partial charge in [0, 0.05) is 5.92 Å². The minimum Gasteiger partial charge on any atom is -0.480 e. The summed E-state index contributed by atoms with van der Waals surface area (Å²) in [6, 6.07) is 0. The largest absolute Gasteiger partial charge is 0.480 e. The minimum atomic E-state index is -0.999. The van der Waals surface area contributed by atoms with E-state index in [-0.39, 0.29) is 11.8 Å². The van der Waals surface area contributed by atoms with Gasteiger partial charge in [0.05, 0.1) is 0 Å². The molecule has 4 heteroatoms. The summed E-state index contributed by atoms with van der Waals surface area (Å²) in [6.45, 7) is 0. The summed E-state index contributed by atoms with van der Waals surface area (Å²) in [5.41, 5.74) is -0.999. The second-order valence-corrected chi connectivity index (χ2v) is 6.32. The number of carbonyl (C=O) groups is 2. The highest BCUT2D eigenvalue weighted by Crippen LogP contribution is 2.44. The van der Waals surface area contributed by atoms with Gasteiger partial charge in [0.25, 0.3) is 0 Å². The Morgan fingerprint density at radius 2 is 1.84 bits per heavy atom. The van der Waals surface area contributed by atoms with Gasteiger partial charge >= 0.3 is 5.97 Å². The average Bonchev–Trinajstić information content (AvgIpc) is 3.02. The summed E-state index contributed by atoms with van der Waals surface area (Å²) in [5.74, 6) is -0.0409. The van der Waals surface area contributed by atoms with Crippen LogP contribution in [0.2, 0.25) is 0 Å². The molecule has 104 valence electrons. The van der Waals surface area contributed by atoms with Crippen molar-refractivity contribution >= 4 is 11.9 Å². The molecule has 0 saturated heterocycles. The Labute approximate surface area is 113 Å². The van der Waals surface area contributed by atoms with Crippen LogP contribution in [-0.2, 0) is 9.59 Å². The number of carbonyl (C=O) groups excluding carboxylic acids is 1. The van der Waals surface area contributed by atoms with Crippen molar-refractivity contribution in [2.45, 2.75) is 50.5 Å². The van der Waals surface area contributed by atoms with E-state index < -0.39 is 11.5 Å². The van der Waals surface area contributed by atoms with Crippen molar-refractivity contribution in [1.82, 2.24) is 5.32 Å². The fraction of sp³-hybridized carbons (Fsp3) is 0.733. The number of carboxylic acid groups (broad SMARTS) is 1. The van der Waals surface area contributed by atoms with Gasteiger partial charge in [-0.2, -0.15) is 0 Å². The quantitative estimate of drug-likeness (QED) is 0.766. The summed E-state index contributed by atoms with van der Waals surface area (Å²) in [6.07, 6.45) is 10.3. The average molecular weight is 263 g/mol. The maximum absolute atomic E-state index is 12.4. The molecule has 3 aliphatic carbocycles. The molecule has 3 aliphatic rings. The van der Waals surface area contributed by atoms with Crippen molar-refractivity contribution < 1.29 is 14.7 Å². The molecule has 0 aromatic rings. The van der Waals surface area contributed by atoms with E-state index in [4.69, 9.17) is 0 Å². The number of amides is 1. The molecule has 4 nitrogen and oxygen atoms in total. The van der Waals surface area contributed by atoms with E-state index in [1.165, 1.54) is 0 Å². The first-order valence-corrected chi connectivity index (χ1v) is 7.34. The molecule has 3 rings (SSSR count). The topological polar surface area (TPSA) is 66.4 Å². The molecule has 0 aliphatic heterocycles. The molecule has 0 aromatic heterocycles. The van der Waals surface area contributed by atoms with Crippen molar-refractivity contribution in [2.75, 3.05) is 0 Å². The lowest BCUT2D eigenvalue weighted by atomic mass is 9.80. The highest BCUT2D eigenvalue weighted by molar-refractivity contribution is 5.88. The molecule has 19 heavy (non-hydrogen) atoms. The predicted octanol–water partition coefficient (Wildman–Crippen LogP) is 2.10. The molecule has 2 bridgehead atoms. The SMILES string of the molecule is O=C(NC1(C(=O)O)CCCCC1)C1CC2C=CC1C2. The number of carboxylic acids is 1. The molecular weight excluding hydrogens is 242 g/mol. The fourth-order valence-corrected chi connectivity index (χ4v) is 3.96. The van der Waals surface area contributed by atoms with E-state index >= 15 is 0 Å². The van der Waals surface area contributed by atoms with Crippen LogP contribution in [0, 0.1) is 17.8 Å². The van der Waals surface area contributed by atoms with E-state index in [0.29, 0.717) is 24.7 Å². The van der Waals surface area contributed by atoms with Crippen LogP contribution >= 0.6 is 0 Å². The number of hydrogen-bond donors (Lipinski definition) is 2. The lowest BCUT2D eigenvalue weighted by Gasteiger charge is -2.35. The maximum Gasteiger partial charge on any atom is 0.329 e. The van der Waals surface area contributed by atoms with E-state index in [1.807, 2.05) is 0 Å². The summed E-state index contributed by atoms with van der Waals surface area (Å²) >= 11 is 0. The summed E-state index contributed by atoms with van der Waals surface area (Å²) in [7, 11) is 0. The van der Waals surface area contributed by atoms with Gasteiger partial charge in [-0.3, -0.25) is 4.79 Å². The highest BCUT2D eigenvalue weighted by Gasteiger charge is 2.45. The third kappa shape index (κ3) is 2.17. The van der Waals surface area contributed by atoms with Gasteiger partial charge in [-0.25, -0.2) is 4.79 Å². The Morgan fingerprint density at radius 3 is 2.37 bits per heavy atom. The first-order chi connectivity index (χ1) is 9.11. The zero-order chi connectivity index (χ0) is 13.5. The minimum absolute atomic E-state index is 0.00634. The summed E-state index contributed by atoms with van der Waals surface area (Å²) in [4.78, 5) is 24.0. The monoisotopic (exact) mass is 263 g/mol. The molecule has 0 spiro atoms. The lowest BCUT2D eigenvalue weighted by molar-refractivity contribution is -0.150. The van der Waals surface area contributed by atoms with Crippen LogP contribution in [0.25, 0.3) is 0 Å². The fourth-order valence-electron chi connectivity index (χ4n) is 3.96. The molecule has 0 aromatic carbocycles. The predicted molar refractivity (Wildman–Crippen MR) is 70.4 cm³/mol. The summed E-state index contributed by atoms with van der Waals surface area (Å²) < 4.78 is 0. The van der Waals surface area contributed by atoms with Gasteiger partial charge in [-0.1, -0.05) is 31.4 Å². The maximum atomic E-state index is 12.4. The molecule has 2 N–H and O–H groups in total. The second-order valence-electron chi connectivity index (χ2n) is 6.32. The molecular formula is C15H21NO3. The zero-order valence-corrected chi connectivity index (χ0v) is 11.1. The van der Waals surface area contributed by atoms with Gasteiger partial charge < -0.3 is 10.4 Å². The van der Waals surface area contributed by atoms with Crippen molar-refractivity contribution in [1.29, 1.82) is 0 Å². The number of hydrogen-bond acceptors (Lipinski definition) is 2. The van der Waals surface area contributed by atoms with Gasteiger partial charge in [-0.15, -0.1) is 0 Å². The molecule has 1 amide bonds. The first kappa shape index (κ1) is 12.7. The molecule has 0 radical (unpaired) electrons. The second kappa shape index (κ2) is 4.66. The van der Waals surface area contributed by atoms with Gasteiger partial charge in [0.1, 0.15) is 5.54 Å². The Balaban J connectivity index is 1.70. The Morgan fingerprint density at radius 1 is 1.11 bits per heavy atom. The molecule has 3 unspecified atom stereocenters. The van der Waals surface area contributed by atoms with Gasteiger partial charge in [0.2, 0.25) is 5.91 Å². The number of nitrogens with one attached hydrogen (secondary N) is 1. The van der Waals surface area contributed by atoms with Gasteiger partial charge in [-0.05, 0) is 37.5 Å². The summed E-state index contributed by atoms with van der Waals surface area (Å²) in [5, 5.41) is 12.4. The third-order valence-electron chi connectivity index (χ3n) is 5.09. The van der Waals surface area contributed by atoms with E-state index in [9.17, 15) is 14.7 Å². The van der Waals surface area contributed by atoms with E-state index in [2.05, 4.69) is 17.5 Å². The Bertz CT molecular complexity index is 423. The number of aliphatic carboxylic acids is 1. The number of rotatable bonds is 3. The van der Waals surface area contributed by atoms with E-state index in [0.717, 1.165) is 32.1 Å². The molecule has 0 heterocycles. The molecule has 3 atom stereocenters. The van der Waals surface area contributed by atoms with Gasteiger partial charge in [0.15, 0.2) is 0 Å². The normalized spacial score (nSPS) is 35.3. The van der Waals surface area contributed by atoms with Crippen LogP contribution in [0.3, 0.4) is 0 Å². The van der Waals surface area contributed by atoms with Crippen LogP contribution in [-0.4, -0.2) is 22.5 Å². The number of allylic oxidation sites excluding steroid dienone is 2. The lowest BCUT2D eigenvalue weighted by Crippen LogP contribution is -2.57. The van der Waals surface area contributed by atoms with Crippen LogP contribution < -0.4 is 5.32 Å².